The summed E-state index contributed by atoms with van der Waals surface area (Å²) in [6.45, 7) is 2.09. The molecular weight excluding hydrogens is 212 g/mol. The van der Waals surface area contributed by atoms with Crippen LogP contribution in [0.5, 0.6) is 0 Å². The van der Waals surface area contributed by atoms with E-state index in [-0.39, 0.29) is 17.8 Å². The second-order valence-corrected chi connectivity index (χ2v) is 4.57. The molecule has 0 N–H and O–H groups in total. The van der Waals surface area contributed by atoms with Gasteiger partial charge in [0.2, 0.25) is 5.91 Å². The summed E-state index contributed by atoms with van der Waals surface area (Å²) in [4.78, 5) is 23.2. The van der Waals surface area contributed by atoms with Crippen molar-refractivity contribution in [2.45, 2.75) is 37.9 Å². The van der Waals surface area contributed by atoms with Gasteiger partial charge in [0, 0.05) is 7.05 Å². The molecule has 0 aliphatic rings. The van der Waals surface area contributed by atoms with E-state index in [1.807, 2.05) is 6.26 Å². The van der Waals surface area contributed by atoms with E-state index in [9.17, 15) is 9.70 Å². The maximum Gasteiger partial charge on any atom is 0.236 e. The summed E-state index contributed by atoms with van der Waals surface area (Å²) in [6, 6.07) is 0. The molecule has 1 amide bonds. The van der Waals surface area contributed by atoms with Gasteiger partial charge in [-0.2, -0.15) is 11.8 Å². The first-order valence-electron chi connectivity index (χ1n) is 5.24. The number of unbranched alkanes of at least 4 members (excludes halogenated alkanes) is 2. The van der Waals surface area contributed by atoms with Crippen molar-refractivity contribution in [2.24, 2.45) is 5.18 Å². The van der Waals surface area contributed by atoms with Crippen LogP contribution in [0.1, 0.15) is 32.6 Å². The number of nitrogens with zero attached hydrogens (tertiary/aromatic N) is 2. The van der Waals surface area contributed by atoms with Gasteiger partial charge in [0.25, 0.3) is 0 Å². The molecule has 0 saturated carbocycles. The molecule has 4 nitrogen and oxygen atoms in total. The molecule has 5 heteroatoms. The second kappa shape index (κ2) is 8.71. The highest BCUT2D eigenvalue weighted by molar-refractivity contribution is 7.99. The summed E-state index contributed by atoms with van der Waals surface area (Å²) < 4.78 is 0. The minimum Gasteiger partial charge on any atom is -0.322 e. The van der Waals surface area contributed by atoms with Crippen LogP contribution in [0.4, 0.5) is 0 Å². The van der Waals surface area contributed by atoms with Gasteiger partial charge < -0.3 is 4.90 Å². The van der Waals surface area contributed by atoms with E-state index in [2.05, 4.69) is 12.1 Å². The number of rotatable bonds is 8. The van der Waals surface area contributed by atoms with Gasteiger partial charge in [0.05, 0.1) is 5.25 Å². The fourth-order valence-corrected chi connectivity index (χ4v) is 2.11. The second-order valence-electron chi connectivity index (χ2n) is 3.53. The Morgan fingerprint density at radius 2 is 2.13 bits per heavy atom. The van der Waals surface area contributed by atoms with Crippen molar-refractivity contribution in [1.29, 1.82) is 0 Å². The van der Waals surface area contributed by atoms with Gasteiger partial charge in [-0.25, -0.2) is 0 Å². The molecule has 0 bridgehead atoms. The van der Waals surface area contributed by atoms with Crippen LogP contribution in [0, 0.1) is 4.91 Å². The third kappa shape index (κ3) is 5.77. The van der Waals surface area contributed by atoms with Gasteiger partial charge in [-0.15, -0.1) is 4.91 Å². The number of hydrogen-bond donors (Lipinski definition) is 0. The highest BCUT2D eigenvalue weighted by Crippen LogP contribution is 2.17. The van der Waals surface area contributed by atoms with Crippen molar-refractivity contribution in [3.63, 3.8) is 0 Å². The first kappa shape index (κ1) is 14.4. The van der Waals surface area contributed by atoms with Gasteiger partial charge >= 0.3 is 0 Å². The molecule has 0 saturated heterocycles. The third-order valence-corrected chi connectivity index (χ3v) is 3.28. The van der Waals surface area contributed by atoms with Crippen molar-refractivity contribution in [3.05, 3.63) is 4.91 Å². The predicted molar refractivity (Wildman–Crippen MR) is 64.9 cm³/mol. The Labute approximate surface area is 95.8 Å². The van der Waals surface area contributed by atoms with E-state index in [0.29, 0.717) is 0 Å². The Hall–Kier alpha value is -0.580. The fraction of sp³-hybridized carbons (Fsp3) is 0.900. The molecule has 88 valence electrons. The van der Waals surface area contributed by atoms with Gasteiger partial charge in [0.1, 0.15) is 0 Å². The molecule has 0 aromatic rings. The normalized spacial score (nSPS) is 12.2. The predicted octanol–water partition coefficient (Wildman–Crippen LogP) is 2.48. The minimum absolute atomic E-state index is 0.0122. The van der Waals surface area contributed by atoms with E-state index in [0.717, 1.165) is 25.7 Å². The molecule has 1 atom stereocenters. The summed E-state index contributed by atoms with van der Waals surface area (Å²) in [6.07, 6.45) is 6.19. The van der Waals surface area contributed by atoms with E-state index >= 15 is 0 Å². The summed E-state index contributed by atoms with van der Waals surface area (Å²) >= 11 is 1.55. The summed E-state index contributed by atoms with van der Waals surface area (Å²) in [5.41, 5.74) is 0. The maximum atomic E-state index is 11.8. The maximum absolute atomic E-state index is 11.8. The first-order valence-corrected chi connectivity index (χ1v) is 6.53. The third-order valence-electron chi connectivity index (χ3n) is 2.28. The lowest BCUT2D eigenvalue weighted by molar-refractivity contribution is -0.129. The van der Waals surface area contributed by atoms with E-state index < -0.39 is 0 Å². The molecule has 0 spiro atoms. The molecule has 1 unspecified atom stereocenters. The van der Waals surface area contributed by atoms with Crippen molar-refractivity contribution in [2.75, 3.05) is 20.0 Å². The van der Waals surface area contributed by atoms with Crippen LogP contribution in [0.3, 0.4) is 0 Å². The van der Waals surface area contributed by atoms with Crippen LogP contribution in [0.2, 0.25) is 0 Å². The minimum atomic E-state index is -0.0519. The highest BCUT2D eigenvalue weighted by atomic mass is 32.2. The van der Waals surface area contributed by atoms with Crippen LogP contribution in [0.15, 0.2) is 5.18 Å². The largest absolute Gasteiger partial charge is 0.322 e. The lowest BCUT2D eigenvalue weighted by Gasteiger charge is -2.19. The SMILES string of the molecule is CCCCCC(SC)C(=O)N(C)CN=O. The monoisotopic (exact) mass is 232 g/mol. The van der Waals surface area contributed by atoms with Gasteiger partial charge in [-0.1, -0.05) is 26.2 Å². The summed E-state index contributed by atoms with van der Waals surface area (Å²) in [5, 5.41) is 2.69. The number of carbonyl (C=O) groups is 1. The van der Waals surface area contributed by atoms with Gasteiger partial charge in [0.15, 0.2) is 6.67 Å². The van der Waals surface area contributed by atoms with Crippen LogP contribution in [-0.4, -0.2) is 36.0 Å². The molecule has 0 aliphatic carbocycles. The Morgan fingerprint density at radius 1 is 1.47 bits per heavy atom. The Bertz CT molecular complexity index is 200. The number of nitroso groups, excluding NO2 is 1. The van der Waals surface area contributed by atoms with E-state index in [4.69, 9.17) is 0 Å². The molecule has 15 heavy (non-hydrogen) atoms. The van der Waals surface area contributed by atoms with Crippen LogP contribution < -0.4 is 0 Å². The van der Waals surface area contributed by atoms with E-state index in [1.54, 1.807) is 18.8 Å². The van der Waals surface area contributed by atoms with Crippen LogP contribution >= 0.6 is 11.8 Å². The molecule has 0 aromatic carbocycles. The zero-order chi connectivity index (χ0) is 11.7. The smallest absolute Gasteiger partial charge is 0.236 e. The summed E-state index contributed by atoms with van der Waals surface area (Å²) in [7, 11) is 1.62. The van der Waals surface area contributed by atoms with Crippen molar-refractivity contribution >= 4 is 17.7 Å². The first-order chi connectivity index (χ1) is 7.17. The van der Waals surface area contributed by atoms with Crippen molar-refractivity contribution < 1.29 is 4.79 Å². The zero-order valence-electron chi connectivity index (χ0n) is 9.73. The van der Waals surface area contributed by atoms with Crippen LogP contribution in [-0.2, 0) is 4.79 Å². The molecule has 0 radical (unpaired) electrons. The number of amides is 1. The Morgan fingerprint density at radius 3 is 2.60 bits per heavy atom. The van der Waals surface area contributed by atoms with Gasteiger partial charge in [-0.05, 0) is 17.9 Å². The Balaban J connectivity index is 4.02. The number of carbonyl (C=O) groups excluding carboxylic acids is 1. The fourth-order valence-electron chi connectivity index (χ4n) is 1.32. The zero-order valence-corrected chi connectivity index (χ0v) is 10.5. The number of hydrogen-bond acceptors (Lipinski definition) is 4. The standard InChI is InChI=1S/C10H20N2O2S/c1-4-5-6-7-9(15-3)10(13)12(2)8-11-14/h9H,4-8H2,1-3H3. The molecule has 0 fully saturated rings. The molecule has 0 heterocycles. The van der Waals surface area contributed by atoms with Crippen LogP contribution in [0.25, 0.3) is 0 Å². The summed E-state index contributed by atoms with van der Waals surface area (Å²) in [5.74, 6) is 0.0122. The average molecular weight is 232 g/mol. The van der Waals surface area contributed by atoms with E-state index in [1.165, 1.54) is 4.90 Å². The molecule has 0 aliphatic heterocycles. The average Bonchev–Trinajstić information content (AvgIpc) is 2.24. The lowest BCUT2D eigenvalue weighted by atomic mass is 10.1. The lowest BCUT2D eigenvalue weighted by Crippen LogP contribution is -2.34. The van der Waals surface area contributed by atoms with Crippen molar-refractivity contribution in [1.82, 2.24) is 4.90 Å². The molecule has 0 rings (SSSR count). The van der Waals surface area contributed by atoms with Crippen molar-refractivity contribution in [3.8, 4) is 0 Å². The molecule has 0 aromatic heterocycles. The topological polar surface area (TPSA) is 49.7 Å². The quantitative estimate of drug-likeness (QED) is 0.477. The van der Waals surface area contributed by atoms with Gasteiger partial charge in [-0.3, -0.25) is 4.79 Å². The Kier molecular flexibility index (Phi) is 8.37. The molecular formula is C10H20N2O2S. The highest BCUT2D eigenvalue weighted by Gasteiger charge is 2.20. The number of thioether (sulfide) groups is 1.